The van der Waals surface area contributed by atoms with Gasteiger partial charge in [0, 0.05) is 24.0 Å². The molecule has 0 bridgehead atoms. The fourth-order valence-electron chi connectivity index (χ4n) is 1.11. The number of nitrogens with two attached hydrogens (primary N) is 1. The van der Waals surface area contributed by atoms with Gasteiger partial charge < -0.3 is 10.5 Å². The van der Waals surface area contributed by atoms with Crippen LogP contribution in [0.3, 0.4) is 0 Å². The highest BCUT2D eigenvalue weighted by Crippen LogP contribution is 2.24. The molecule has 0 aliphatic carbocycles. The summed E-state index contributed by atoms with van der Waals surface area (Å²) < 4.78 is 5.40. The maximum absolute atomic E-state index is 5.76. The van der Waals surface area contributed by atoms with E-state index in [0.717, 1.165) is 0 Å². The second-order valence-corrected chi connectivity index (χ2v) is 3.83. The van der Waals surface area contributed by atoms with Gasteiger partial charge in [0.25, 0.3) is 0 Å². The first-order valence-corrected chi connectivity index (χ1v) is 5.10. The van der Waals surface area contributed by atoms with Crippen LogP contribution in [0.4, 0.5) is 5.69 Å². The standard InChI is InChI=1S/C10H7Cl2N3O/c11-6-1-8(5-14-4-6)16-10-3-7(13)2-9(12)15-10/h1-5H,(H2,13,15). The minimum atomic E-state index is 0.269. The Labute approximate surface area is 102 Å². The van der Waals surface area contributed by atoms with Gasteiger partial charge in [-0.3, -0.25) is 4.98 Å². The summed E-state index contributed by atoms with van der Waals surface area (Å²) in [5.74, 6) is 0.774. The average molecular weight is 256 g/mol. The van der Waals surface area contributed by atoms with E-state index in [0.29, 0.717) is 22.3 Å². The zero-order chi connectivity index (χ0) is 11.5. The van der Waals surface area contributed by atoms with E-state index < -0.39 is 0 Å². The van der Waals surface area contributed by atoms with Crippen molar-refractivity contribution in [3.63, 3.8) is 0 Å². The third-order valence-corrected chi connectivity index (χ3v) is 2.10. The lowest BCUT2D eigenvalue weighted by Gasteiger charge is -2.05. The molecule has 2 aromatic rings. The van der Waals surface area contributed by atoms with E-state index in [9.17, 15) is 0 Å². The Morgan fingerprint density at radius 2 is 1.94 bits per heavy atom. The van der Waals surface area contributed by atoms with Gasteiger partial charge in [0.15, 0.2) is 0 Å². The Morgan fingerprint density at radius 3 is 2.62 bits per heavy atom. The first kappa shape index (κ1) is 11.0. The summed E-state index contributed by atoms with van der Waals surface area (Å²) in [6.07, 6.45) is 3.03. The number of halogens is 2. The molecule has 2 heterocycles. The molecule has 82 valence electrons. The highest BCUT2D eigenvalue weighted by Gasteiger charge is 2.02. The quantitative estimate of drug-likeness (QED) is 0.838. The van der Waals surface area contributed by atoms with Crippen molar-refractivity contribution in [1.29, 1.82) is 0 Å². The van der Waals surface area contributed by atoms with E-state index in [-0.39, 0.29) is 5.15 Å². The maximum Gasteiger partial charge on any atom is 0.222 e. The van der Waals surface area contributed by atoms with Gasteiger partial charge in [0.1, 0.15) is 10.9 Å². The van der Waals surface area contributed by atoms with Crippen LogP contribution < -0.4 is 10.5 Å². The van der Waals surface area contributed by atoms with E-state index in [1.54, 1.807) is 12.1 Å². The Hall–Kier alpha value is -1.52. The van der Waals surface area contributed by atoms with Crippen molar-refractivity contribution in [1.82, 2.24) is 9.97 Å². The molecule has 16 heavy (non-hydrogen) atoms. The highest BCUT2D eigenvalue weighted by molar-refractivity contribution is 6.30. The van der Waals surface area contributed by atoms with Gasteiger partial charge in [-0.2, -0.15) is 0 Å². The van der Waals surface area contributed by atoms with Gasteiger partial charge in [0.05, 0.1) is 11.2 Å². The second kappa shape index (κ2) is 4.55. The zero-order valence-corrected chi connectivity index (χ0v) is 9.53. The molecule has 2 rings (SSSR count). The average Bonchev–Trinajstić information content (AvgIpc) is 2.15. The lowest BCUT2D eigenvalue weighted by atomic mass is 10.4. The van der Waals surface area contributed by atoms with Crippen LogP contribution >= 0.6 is 23.2 Å². The van der Waals surface area contributed by atoms with Crippen LogP contribution in [-0.4, -0.2) is 9.97 Å². The third-order valence-electron chi connectivity index (χ3n) is 1.70. The fraction of sp³-hybridized carbons (Fsp3) is 0. The van der Waals surface area contributed by atoms with Crippen LogP contribution in [0.1, 0.15) is 0 Å². The molecule has 0 radical (unpaired) electrons. The largest absolute Gasteiger partial charge is 0.437 e. The van der Waals surface area contributed by atoms with Gasteiger partial charge >= 0.3 is 0 Å². The first-order chi connectivity index (χ1) is 7.63. The van der Waals surface area contributed by atoms with Gasteiger partial charge in [-0.05, 0) is 6.07 Å². The lowest BCUT2D eigenvalue weighted by molar-refractivity contribution is 0.461. The molecule has 0 unspecified atom stereocenters. The van der Waals surface area contributed by atoms with Crippen LogP contribution in [-0.2, 0) is 0 Å². The molecule has 0 spiro atoms. The van der Waals surface area contributed by atoms with Gasteiger partial charge in [-0.1, -0.05) is 23.2 Å². The molecule has 0 saturated heterocycles. The topological polar surface area (TPSA) is 61.0 Å². The van der Waals surface area contributed by atoms with Crippen LogP contribution in [0.15, 0.2) is 30.6 Å². The van der Waals surface area contributed by atoms with E-state index in [2.05, 4.69) is 9.97 Å². The molecule has 0 amide bonds. The monoisotopic (exact) mass is 255 g/mol. The van der Waals surface area contributed by atoms with Crippen LogP contribution in [0.2, 0.25) is 10.2 Å². The van der Waals surface area contributed by atoms with E-state index >= 15 is 0 Å². The number of pyridine rings is 2. The number of hydrogen-bond donors (Lipinski definition) is 1. The number of aromatic nitrogens is 2. The summed E-state index contributed by atoms with van der Waals surface area (Å²) in [4.78, 5) is 7.83. The smallest absolute Gasteiger partial charge is 0.222 e. The van der Waals surface area contributed by atoms with E-state index in [4.69, 9.17) is 33.7 Å². The van der Waals surface area contributed by atoms with Gasteiger partial charge in [-0.15, -0.1) is 0 Å². The predicted octanol–water partition coefficient (Wildman–Crippen LogP) is 3.16. The number of hydrogen-bond acceptors (Lipinski definition) is 4. The van der Waals surface area contributed by atoms with Crippen molar-refractivity contribution in [2.24, 2.45) is 0 Å². The normalized spacial score (nSPS) is 10.1. The van der Waals surface area contributed by atoms with Crippen molar-refractivity contribution >= 4 is 28.9 Å². The molecule has 2 N–H and O–H groups in total. The number of nitrogen functional groups attached to an aromatic ring is 1. The second-order valence-electron chi connectivity index (χ2n) is 3.00. The number of nitrogens with zero attached hydrogens (tertiary/aromatic N) is 2. The fourth-order valence-corrected chi connectivity index (χ4v) is 1.49. The molecule has 0 saturated carbocycles. The molecule has 0 fully saturated rings. The Bertz CT molecular complexity index is 499. The predicted molar refractivity (Wildman–Crippen MR) is 63.0 cm³/mol. The number of ether oxygens (including phenoxy) is 1. The summed E-state index contributed by atoms with van der Waals surface area (Å²) in [5, 5.41) is 0.748. The Kier molecular flexibility index (Phi) is 3.12. The van der Waals surface area contributed by atoms with Crippen molar-refractivity contribution < 1.29 is 4.74 Å². The highest BCUT2D eigenvalue weighted by atomic mass is 35.5. The summed E-state index contributed by atoms with van der Waals surface area (Å²) in [6, 6.07) is 4.71. The molecule has 4 nitrogen and oxygen atoms in total. The molecule has 6 heteroatoms. The molecular weight excluding hydrogens is 249 g/mol. The maximum atomic E-state index is 5.76. The minimum Gasteiger partial charge on any atom is -0.437 e. The minimum absolute atomic E-state index is 0.269. The summed E-state index contributed by atoms with van der Waals surface area (Å²) in [7, 11) is 0. The number of rotatable bonds is 2. The summed E-state index contributed by atoms with van der Waals surface area (Å²) in [5.41, 5.74) is 6.07. The molecular formula is C10H7Cl2N3O. The number of anilines is 1. The van der Waals surface area contributed by atoms with E-state index in [1.807, 2.05) is 0 Å². The van der Waals surface area contributed by atoms with Gasteiger partial charge in [-0.25, -0.2) is 4.98 Å². The molecule has 0 atom stereocenters. The Morgan fingerprint density at radius 1 is 1.12 bits per heavy atom. The SMILES string of the molecule is Nc1cc(Cl)nc(Oc2cncc(Cl)c2)c1. The van der Waals surface area contributed by atoms with Gasteiger partial charge in [0.2, 0.25) is 5.88 Å². The lowest BCUT2D eigenvalue weighted by Crippen LogP contribution is -1.92. The van der Waals surface area contributed by atoms with Crippen molar-refractivity contribution in [3.05, 3.63) is 40.8 Å². The van der Waals surface area contributed by atoms with Crippen LogP contribution in [0.25, 0.3) is 0 Å². The summed E-state index contributed by atoms with van der Waals surface area (Å²) in [6.45, 7) is 0. The Balaban J connectivity index is 2.27. The molecule has 2 aromatic heterocycles. The third kappa shape index (κ3) is 2.74. The summed E-state index contributed by atoms with van der Waals surface area (Å²) >= 11 is 11.5. The van der Waals surface area contributed by atoms with Crippen LogP contribution in [0.5, 0.6) is 11.6 Å². The van der Waals surface area contributed by atoms with Crippen molar-refractivity contribution in [2.45, 2.75) is 0 Å². The molecule has 0 aliphatic heterocycles. The van der Waals surface area contributed by atoms with Crippen molar-refractivity contribution in [2.75, 3.05) is 5.73 Å². The first-order valence-electron chi connectivity index (χ1n) is 4.35. The van der Waals surface area contributed by atoms with E-state index in [1.165, 1.54) is 18.5 Å². The molecule has 0 aliphatic rings. The van der Waals surface area contributed by atoms with Crippen LogP contribution in [0, 0.1) is 0 Å². The van der Waals surface area contributed by atoms with Crippen molar-refractivity contribution in [3.8, 4) is 11.6 Å². The zero-order valence-electron chi connectivity index (χ0n) is 8.02. The molecule has 0 aromatic carbocycles.